The minimum absolute atomic E-state index is 0.0121. The zero-order chi connectivity index (χ0) is 12.9. The van der Waals surface area contributed by atoms with Crippen molar-refractivity contribution in [2.75, 3.05) is 33.5 Å². The van der Waals surface area contributed by atoms with E-state index >= 15 is 0 Å². The second kappa shape index (κ2) is 6.27. The average molecular weight is 268 g/mol. The van der Waals surface area contributed by atoms with Crippen molar-refractivity contribution < 1.29 is 13.2 Å². The molecule has 0 fully saturated rings. The van der Waals surface area contributed by atoms with E-state index in [0.717, 1.165) is 0 Å². The van der Waals surface area contributed by atoms with Gasteiger partial charge in [0.2, 0.25) is 0 Å². The smallest absolute Gasteiger partial charge is 0.184 e. The van der Waals surface area contributed by atoms with Crippen LogP contribution in [0.3, 0.4) is 0 Å². The van der Waals surface area contributed by atoms with Gasteiger partial charge in [0.15, 0.2) is 9.84 Å². The van der Waals surface area contributed by atoms with Gasteiger partial charge in [-0.1, -0.05) is 18.2 Å². The third kappa shape index (κ3) is 4.55. The third-order valence-corrected chi connectivity index (χ3v) is 4.17. The largest absolute Gasteiger partial charge is 0.500 e. The number of allylic oxidation sites excluding steroid dienone is 2. The molecule has 0 atom stereocenters. The van der Waals surface area contributed by atoms with Gasteiger partial charge in [-0.2, -0.15) is 0 Å². The van der Waals surface area contributed by atoms with E-state index in [1.54, 1.807) is 25.9 Å². The van der Waals surface area contributed by atoms with Crippen molar-refractivity contribution in [1.82, 2.24) is 4.90 Å². The summed E-state index contributed by atoms with van der Waals surface area (Å²) in [4.78, 5) is 1.77. The van der Waals surface area contributed by atoms with E-state index in [-0.39, 0.29) is 21.4 Å². The Kier molecular flexibility index (Phi) is 6.07. The summed E-state index contributed by atoms with van der Waals surface area (Å²) in [6.07, 6.45) is 0. The van der Waals surface area contributed by atoms with E-state index < -0.39 is 9.84 Å². The van der Waals surface area contributed by atoms with Crippen LogP contribution in [0.2, 0.25) is 0 Å². The van der Waals surface area contributed by atoms with Gasteiger partial charge in [-0.3, -0.25) is 0 Å². The van der Waals surface area contributed by atoms with Crippen LogP contribution in [-0.4, -0.2) is 46.8 Å². The fourth-order valence-corrected chi connectivity index (χ4v) is 3.23. The van der Waals surface area contributed by atoms with Crippen molar-refractivity contribution in [1.29, 1.82) is 0 Å². The van der Waals surface area contributed by atoms with Crippen molar-refractivity contribution in [2.24, 2.45) is 0 Å². The molecule has 0 heterocycles. The summed E-state index contributed by atoms with van der Waals surface area (Å²) in [5, 5.41) is -0.0156. The Balaban J connectivity index is 5.17. The van der Waals surface area contributed by atoms with Crippen LogP contribution in [0.1, 0.15) is 6.92 Å². The van der Waals surface area contributed by atoms with E-state index in [9.17, 15) is 8.42 Å². The molecule has 0 unspecified atom stereocenters. The second-order valence-corrected chi connectivity index (χ2v) is 6.12. The van der Waals surface area contributed by atoms with E-state index in [1.165, 1.54) is 7.11 Å². The number of halogens is 1. The first-order valence-electron chi connectivity index (χ1n) is 4.69. The Morgan fingerprint density at radius 1 is 1.44 bits per heavy atom. The highest BCUT2D eigenvalue weighted by Gasteiger charge is 2.23. The quantitative estimate of drug-likeness (QED) is 0.542. The topological polar surface area (TPSA) is 46.6 Å². The molecule has 0 rings (SSSR count). The molecule has 94 valence electrons. The van der Waals surface area contributed by atoms with Gasteiger partial charge in [0.1, 0.15) is 10.7 Å². The maximum absolute atomic E-state index is 12.0. The molecule has 0 saturated carbocycles. The van der Waals surface area contributed by atoms with Gasteiger partial charge in [0, 0.05) is 6.54 Å². The molecular formula is C10H18ClNO3S. The molecule has 0 N–H and O–H groups in total. The standard InChI is InChI=1S/C10H18ClNO3S/c1-8(11)10(9(2)15-5)16(13,14)7-6-12(3)4/h1,6-7H2,2-5H3. The number of hydrogen-bond acceptors (Lipinski definition) is 4. The van der Waals surface area contributed by atoms with Gasteiger partial charge >= 0.3 is 0 Å². The van der Waals surface area contributed by atoms with Gasteiger partial charge in [-0.25, -0.2) is 8.42 Å². The summed E-state index contributed by atoms with van der Waals surface area (Å²) in [6.45, 7) is 5.43. The first kappa shape index (κ1) is 15.5. The molecule has 0 aliphatic heterocycles. The third-order valence-electron chi connectivity index (χ3n) is 1.99. The lowest BCUT2D eigenvalue weighted by Crippen LogP contribution is -2.23. The summed E-state index contributed by atoms with van der Waals surface area (Å²) in [6, 6.07) is 0. The number of hydrogen-bond donors (Lipinski definition) is 0. The highest BCUT2D eigenvalue weighted by Crippen LogP contribution is 2.24. The van der Waals surface area contributed by atoms with Crippen LogP contribution in [0.4, 0.5) is 0 Å². The molecule has 0 spiro atoms. The van der Waals surface area contributed by atoms with E-state index in [2.05, 4.69) is 6.58 Å². The molecule has 0 bridgehead atoms. The number of sulfone groups is 1. The highest BCUT2D eigenvalue weighted by molar-refractivity contribution is 7.95. The second-order valence-electron chi connectivity index (χ2n) is 3.62. The fraction of sp³-hybridized carbons (Fsp3) is 0.600. The van der Waals surface area contributed by atoms with Crippen LogP contribution in [0.25, 0.3) is 0 Å². The van der Waals surface area contributed by atoms with E-state index in [1.807, 2.05) is 0 Å². The first-order valence-corrected chi connectivity index (χ1v) is 6.72. The molecule has 0 radical (unpaired) electrons. The van der Waals surface area contributed by atoms with Crippen LogP contribution in [-0.2, 0) is 14.6 Å². The lowest BCUT2D eigenvalue weighted by molar-refractivity contribution is 0.292. The summed E-state index contributed by atoms with van der Waals surface area (Å²) >= 11 is 5.69. The minimum atomic E-state index is -3.45. The summed E-state index contributed by atoms with van der Waals surface area (Å²) in [5.74, 6) is 0.251. The molecule has 0 aromatic carbocycles. The zero-order valence-corrected chi connectivity index (χ0v) is 11.7. The predicted molar refractivity (Wildman–Crippen MR) is 67.0 cm³/mol. The van der Waals surface area contributed by atoms with Crippen LogP contribution in [0.15, 0.2) is 22.3 Å². The monoisotopic (exact) mass is 267 g/mol. The first-order chi connectivity index (χ1) is 7.22. The van der Waals surface area contributed by atoms with Gasteiger partial charge in [-0.05, 0) is 21.0 Å². The van der Waals surface area contributed by atoms with Crippen molar-refractivity contribution >= 4 is 21.4 Å². The number of methoxy groups -OCH3 is 1. The Hall–Kier alpha value is -0.520. The fourth-order valence-electron chi connectivity index (χ4n) is 1.08. The van der Waals surface area contributed by atoms with Crippen LogP contribution < -0.4 is 0 Å². The Labute approximate surface area is 102 Å². The Morgan fingerprint density at radius 2 is 1.94 bits per heavy atom. The maximum Gasteiger partial charge on any atom is 0.184 e. The Bertz CT molecular complexity index is 385. The molecule has 0 amide bonds. The summed E-state index contributed by atoms with van der Waals surface area (Å²) < 4.78 is 28.8. The molecule has 0 aliphatic carbocycles. The van der Waals surface area contributed by atoms with Crippen LogP contribution in [0, 0.1) is 0 Å². The van der Waals surface area contributed by atoms with Crippen molar-refractivity contribution in [3.05, 3.63) is 22.3 Å². The Morgan fingerprint density at radius 3 is 2.25 bits per heavy atom. The number of rotatable bonds is 6. The van der Waals surface area contributed by atoms with Crippen LogP contribution in [0.5, 0.6) is 0 Å². The summed E-state index contributed by atoms with van der Waals surface area (Å²) in [7, 11) is 1.56. The number of nitrogens with zero attached hydrogens (tertiary/aromatic N) is 1. The average Bonchev–Trinajstić information content (AvgIpc) is 2.13. The molecule has 6 heteroatoms. The van der Waals surface area contributed by atoms with Crippen molar-refractivity contribution in [2.45, 2.75) is 6.92 Å². The highest BCUT2D eigenvalue weighted by atomic mass is 35.5. The van der Waals surface area contributed by atoms with Gasteiger partial charge in [0.25, 0.3) is 0 Å². The molecule has 0 aromatic rings. The molecular weight excluding hydrogens is 250 g/mol. The summed E-state index contributed by atoms with van der Waals surface area (Å²) in [5.41, 5.74) is 0. The van der Waals surface area contributed by atoms with Crippen molar-refractivity contribution in [3.8, 4) is 0 Å². The molecule has 4 nitrogen and oxygen atoms in total. The van der Waals surface area contributed by atoms with Gasteiger partial charge < -0.3 is 9.64 Å². The number of ether oxygens (including phenoxy) is 1. The molecule has 0 aliphatic rings. The lowest BCUT2D eigenvalue weighted by atomic mass is 10.4. The molecule has 0 saturated heterocycles. The lowest BCUT2D eigenvalue weighted by Gasteiger charge is -2.13. The van der Waals surface area contributed by atoms with E-state index in [0.29, 0.717) is 6.54 Å². The normalized spacial score (nSPS) is 13.6. The SMILES string of the molecule is C=C(Cl)C(=C(C)OC)S(=O)(=O)CCN(C)C. The predicted octanol–water partition coefficient (Wildman–Crippen LogP) is 1.59. The van der Waals surface area contributed by atoms with E-state index in [4.69, 9.17) is 16.3 Å². The van der Waals surface area contributed by atoms with Crippen LogP contribution >= 0.6 is 11.6 Å². The minimum Gasteiger partial charge on any atom is -0.500 e. The zero-order valence-electron chi connectivity index (χ0n) is 10.1. The van der Waals surface area contributed by atoms with Crippen molar-refractivity contribution in [3.63, 3.8) is 0 Å². The maximum atomic E-state index is 12.0. The van der Waals surface area contributed by atoms with Gasteiger partial charge in [-0.15, -0.1) is 0 Å². The molecule has 0 aromatic heterocycles. The van der Waals surface area contributed by atoms with Gasteiger partial charge in [0.05, 0.1) is 17.9 Å². The molecule has 16 heavy (non-hydrogen) atoms.